The van der Waals surface area contributed by atoms with Crippen molar-refractivity contribution in [3.63, 3.8) is 0 Å². The summed E-state index contributed by atoms with van der Waals surface area (Å²) in [6.45, 7) is 1.97. The fraction of sp³-hybridized carbons (Fsp3) is 0.176. The summed E-state index contributed by atoms with van der Waals surface area (Å²) >= 11 is 0. The first-order valence-electron chi connectivity index (χ1n) is 7.74. The molecule has 0 fully saturated rings. The highest BCUT2D eigenvalue weighted by atomic mass is 32.2. The molecule has 8 heteroatoms. The van der Waals surface area contributed by atoms with Crippen molar-refractivity contribution in [2.75, 3.05) is 6.54 Å². The van der Waals surface area contributed by atoms with Crippen molar-refractivity contribution in [1.29, 1.82) is 0 Å². The maximum absolute atomic E-state index is 12.7. The van der Waals surface area contributed by atoms with Crippen LogP contribution in [0.4, 0.5) is 0 Å². The topological polar surface area (TPSA) is 96.6 Å². The van der Waals surface area contributed by atoms with Crippen LogP contribution in [-0.2, 0) is 10.0 Å². The van der Waals surface area contributed by atoms with E-state index in [-0.39, 0.29) is 17.4 Å². The highest BCUT2D eigenvalue weighted by Crippen LogP contribution is 2.26. The summed E-state index contributed by atoms with van der Waals surface area (Å²) in [5, 5.41) is 11.0. The van der Waals surface area contributed by atoms with Gasteiger partial charge in [0.25, 0.3) is 10.0 Å². The Kier molecular flexibility index (Phi) is 3.59. The van der Waals surface area contributed by atoms with Gasteiger partial charge in [0.15, 0.2) is 0 Å². The lowest BCUT2D eigenvalue weighted by atomic mass is 10.2. The third-order valence-electron chi connectivity index (χ3n) is 4.11. The fourth-order valence-corrected chi connectivity index (χ4v) is 3.84. The number of nitrogens with one attached hydrogen (secondary N) is 1. The molecule has 2 N–H and O–H groups in total. The number of aryl methyl sites for hydroxylation is 1. The van der Waals surface area contributed by atoms with E-state index >= 15 is 0 Å². The molecule has 1 aromatic carbocycles. The summed E-state index contributed by atoms with van der Waals surface area (Å²) in [5.41, 5.74) is 2.08. The third-order valence-corrected chi connectivity index (χ3v) is 5.46. The number of rotatable bonds is 2. The van der Waals surface area contributed by atoms with E-state index < -0.39 is 16.1 Å². The minimum absolute atomic E-state index is 0.0854. The van der Waals surface area contributed by atoms with E-state index in [1.165, 1.54) is 0 Å². The van der Waals surface area contributed by atoms with E-state index in [0.717, 1.165) is 10.9 Å². The number of aromatic nitrogens is 2. The zero-order chi connectivity index (χ0) is 17.6. The summed E-state index contributed by atoms with van der Waals surface area (Å²) in [6, 6.07) is 12.0. The first-order chi connectivity index (χ1) is 12.0. The average Bonchev–Trinajstić information content (AvgIpc) is 2.98. The lowest BCUT2D eigenvalue weighted by Crippen LogP contribution is -2.39. The van der Waals surface area contributed by atoms with Crippen LogP contribution in [0.1, 0.15) is 17.4 Å². The van der Waals surface area contributed by atoms with Crippen molar-refractivity contribution in [3.8, 4) is 0 Å². The summed E-state index contributed by atoms with van der Waals surface area (Å²) in [6.07, 6.45) is 0.810. The van der Waals surface area contributed by atoms with Gasteiger partial charge in [0.05, 0.1) is 17.1 Å². The van der Waals surface area contributed by atoms with Crippen LogP contribution >= 0.6 is 0 Å². The second-order valence-corrected chi connectivity index (χ2v) is 7.60. The molecule has 0 saturated carbocycles. The van der Waals surface area contributed by atoms with Gasteiger partial charge >= 0.3 is 0 Å². The van der Waals surface area contributed by atoms with Crippen molar-refractivity contribution in [2.45, 2.75) is 17.9 Å². The average molecular weight is 356 g/mol. The van der Waals surface area contributed by atoms with Crippen LogP contribution < -0.4 is 4.72 Å². The Morgan fingerprint density at radius 2 is 2.00 bits per heavy atom. The summed E-state index contributed by atoms with van der Waals surface area (Å²) in [4.78, 5) is 8.64. The number of aliphatic hydroxyl groups excluding tert-OH is 1. The largest absolute Gasteiger partial charge is 0.385 e. The van der Waals surface area contributed by atoms with Crippen LogP contribution in [0.2, 0.25) is 0 Å². The highest BCUT2D eigenvalue weighted by Gasteiger charge is 2.27. The number of hydrogen-bond donors (Lipinski definition) is 2. The van der Waals surface area contributed by atoms with Crippen molar-refractivity contribution >= 4 is 27.0 Å². The van der Waals surface area contributed by atoms with Crippen LogP contribution in [0.25, 0.3) is 11.0 Å². The smallest absolute Gasteiger partial charge is 0.264 e. The molecule has 1 atom stereocenters. The number of aliphatic hydroxyl groups is 1. The molecule has 4 rings (SSSR count). The van der Waals surface area contributed by atoms with E-state index in [2.05, 4.69) is 14.7 Å². The van der Waals surface area contributed by atoms with E-state index in [1.807, 2.05) is 13.0 Å². The van der Waals surface area contributed by atoms with E-state index in [0.29, 0.717) is 11.3 Å². The number of fused-ring (bicyclic) bond motifs is 3. The molecule has 0 saturated heterocycles. The van der Waals surface area contributed by atoms with Crippen molar-refractivity contribution in [1.82, 2.24) is 14.3 Å². The quantitative estimate of drug-likeness (QED) is 0.728. The van der Waals surface area contributed by atoms with Gasteiger partial charge in [-0.05, 0) is 37.3 Å². The molecule has 3 heterocycles. The second kappa shape index (κ2) is 5.68. The van der Waals surface area contributed by atoms with Gasteiger partial charge < -0.3 is 5.11 Å². The Balaban J connectivity index is 1.79. The minimum atomic E-state index is -3.79. The first-order valence-corrected chi connectivity index (χ1v) is 9.23. The lowest BCUT2D eigenvalue weighted by Gasteiger charge is -2.21. The number of nitrogens with zero attached hydrogens (tertiary/aromatic N) is 3. The molecule has 7 nitrogen and oxygen atoms in total. The van der Waals surface area contributed by atoms with Gasteiger partial charge in [0, 0.05) is 11.6 Å². The van der Waals surface area contributed by atoms with Crippen LogP contribution in [-0.4, -0.2) is 35.6 Å². The number of aliphatic imine (C=N–C) groups is 1. The zero-order valence-electron chi connectivity index (χ0n) is 13.4. The standard InChI is InChI=1S/C17H16N4O3S/c1-11-4-6-13(7-5-11)25(23,24)20-17-19-10-15(22)14-9-12-3-2-8-18-16(12)21(14)17/h2-9,15,22H,10H2,1H3,(H,19,20). The van der Waals surface area contributed by atoms with Gasteiger partial charge in [-0.1, -0.05) is 17.7 Å². The molecular formula is C17H16N4O3S. The fourth-order valence-electron chi connectivity index (χ4n) is 2.83. The van der Waals surface area contributed by atoms with Gasteiger partial charge in [-0.2, -0.15) is 0 Å². The van der Waals surface area contributed by atoms with Crippen LogP contribution in [0.15, 0.2) is 58.5 Å². The number of sulfonamides is 1. The maximum Gasteiger partial charge on any atom is 0.264 e. The SMILES string of the molecule is Cc1ccc(S(=O)(=O)NC2=NCC(O)c3cc4cccnc4n32)cc1. The van der Waals surface area contributed by atoms with Gasteiger partial charge in [0.1, 0.15) is 11.8 Å². The number of pyridine rings is 1. The van der Waals surface area contributed by atoms with Crippen LogP contribution in [0, 0.1) is 6.92 Å². The molecule has 1 unspecified atom stereocenters. The molecule has 0 radical (unpaired) electrons. The molecule has 0 aliphatic carbocycles. The second-order valence-electron chi connectivity index (χ2n) is 5.92. The van der Waals surface area contributed by atoms with Gasteiger partial charge in [-0.15, -0.1) is 0 Å². The molecule has 1 aliphatic heterocycles. The Morgan fingerprint density at radius 3 is 2.76 bits per heavy atom. The predicted molar refractivity (Wildman–Crippen MR) is 93.9 cm³/mol. The molecule has 1 aliphatic rings. The Bertz CT molecular complexity index is 1080. The van der Waals surface area contributed by atoms with E-state index in [9.17, 15) is 13.5 Å². The molecule has 25 heavy (non-hydrogen) atoms. The molecule has 128 valence electrons. The monoisotopic (exact) mass is 356 g/mol. The lowest BCUT2D eigenvalue weighted by molar-refractivity contribution is 0.177. The molecule has 0 bridgehead atoms. The summed E-state index contributed by atoms with van der Waals surface area (Å²) in [5.74, 6) is 0.134. The maximum atomic E-state index is 12.7. The van der Waals surface area contributed by atoms with E-state index in [4.69, 9.17) is 0 Å². The van der Waals surface area contributed by atoms with Crippen molar-refractivity contribution in [3.05, 3.63) is 59.9 Å². The normalized spacial score (nSPS) is 17.2. The van der Waals surface area contributed by atoms with Gasteiger partial charge in [-0.25, -0.2) is 23.1 Å². The molecular weight excluding hydrogens is 340 g/mol. The zero-order valence-corrected chi connectivity index (χ0v) is 14.2. The first kappa shape index (κ1) is 15.8. The van der Waals surface area contributed by atoms with Gasteiger partial charge in [0.2, 0.25) is 5.96 Å². The Hall–Kier alpha value is -2.71. The third kappa shape index (κ3) is 2.69. The predicted octanol–water partition coefficient (Wildman–Crippen LogP) is 1.57. The van der Waals surface area contributed by atoms with Crippen molar-refractivity contribution < 1.29 is 13.5 Å². The number of hydrogen-bond acceptors (Lipinski definition) is 5. The Labute approximate surface area is 144 Å². The molecule has 3 aromatic rings. The molecule has 0 spiro atoms. The van der Waals surface area contributed by atoms with Gasteiger partial charge in [-0.3, -0.25) is 4.57 Å². The van der Waals surface area contributed by atoms with E-state index in [1.54, 1.807) is 47.2 Å². The van der Waals surface area contributed by atoms with Crippen LogP contribution in [0.3, 0.4) is 0 Å². The summed E-state index contributed by atoms with van der Waals surface area (Å²) < 4.78 is 29.4. The Morgan fingerprint density at radius 1 is 1.24 bits per heavy atom. The van der Waals surface area contributed by atoms with Crippen LogP contribution in [0.5, 0.6) is 0 Å². The van der Waals surface area contributed by atoms with Crippen molar-refractivity contribution in [2.24, 2.45) is 4.99 Å². The molecule has 2 aromatic heterocycles. The minimum Gasteiger partial charge on any atom is -0.385 e. The number of benzene rings is 1. The summed E-state index contributed by atoms with van der Waals surface area (Å²) in [7, 11) is -3.79. The highest BCUT2D eigenvalue weighted by molar-refractivity contribution is 7.90. The molecule has 0 amide bonds.